The van der Waals surface area contributed by atoms with Crippen LogP contribution in [0.3, 0.4) is 0 Å². The van der Waals surface area contributed by atoms with Crippen LogP contribution in [0.5, 0.6) is 0 Å². The summed E-state index contributed by atoms with van der Waals surface area (Å²) in [5, 5.41) is 3.35. The molecule has 0 radical (unpaired) electrons. The first-order valence-electron chi connectivity index (χ1n) is 7.58. The molecule has 1 N–H and O–H groups in total. The fraction of sp³-hybridized carbons (Fsp3) is 0.800. The molecule has 1 saturated carbocycles. The molecule has 0 aliphatic heterocycles. The van der Waals surface area contributed by atoms with Crippen LogP contribution >= 0.6 is 0 Å². The number of aromatic nitrogens is 1. The van der Waals surface area contributed by atoms with Crippen LogP contribution in [-0.4, -0.2) is 24.6 Å². The molecule has 108 valence electrons. The summed E-state index contributed by atoms with van der Waals surface area (Å²) in [6, 6.07) is 1.35. The Morgan fingerprint density at radius 3 is 3.05 bits per heavy atom. The summed E-state index contributed by atoms with van der Waals surface area (Å²) in [4.78, 5) is 6.80. The highest BCUT2D eigenvalue weighted by Crippen LogP contribution is 2.29. The van der Waals surface area contributed by atoms with E-state index < -0.39 is 0 Å². The summed E-state index contributed by atoms with van der Waals surface area (Å²) < 4.78 is 5.62. The summed E-state index contributed by atoms with van der Waals surface area (Å²) in [5.41, 5.74) is 0.999. The minimum absolute atomic E-state index is 0.582. The standard InChI is InChI=1S/C15H27N3O/c1-4-8-16-10-13-11-19-15(17-13)18(3)14-7-5-6-12(2)9-14/h11-12,14,16H,4-10H2,1-3H3. The van der Waals surface area contributed by atoms with Crippen molar-refractivity contribution in [1.82, 2.24) is 10.3 Å². The Morgan fingerprint density at radius 2 is 2.32 bits per heavy atom. The largest absolute Gasteiger partial charge is 0.432 e. The zero-order valence-corrected chi connectivity index (χ0v) is 12.5. The number of hydrogen-bond acceptors (Lipinski definition) is 4. The van der Waals surface area contributed by atoms with Crippen molar-refractivity contribution >= 4 is 6.01 Å². The average Bonchev–Trinajstić information content (AvgIpc) is 2.87. The number of hydrogen-bond donors (Lipinski definition) is 1. The molecule has 2 rings (SSSR count). The minimum Gasteiger partial charge on any atom is -0.432 e. The second kappa shape index (κ2) is 6.94. The molecule has 0 bridgehead atoms. The molecule has 19 heavy (non-hydrogen) atoms. The molecule has 0 amide bonds. The third-order valence-corrected chi connectivity index (χ3v) is 4.03. The van der Waals surface area contributed by atoms with E-state index in [-0.39, 0.29) is 0 Å². The van der Waals surface area contributed by atoms with Gasteiger partial charge in [-0.3, -0.25) is 0 Å². The van der Waals surface area contributed by atoms with Crippen LogP contribution in [0.2, 0.25) is 0 Å². The van der Waals surface area contributed by atoms with Crippen molar-refractivity contribution in [2.45, 2.75) is 58.5 Å². The van der Waals surface area contributed by atoms with Crippen LogP contribution in [-0.2, 0) is 6.54 Å². The van der Waals surface area contributed by atoms with Gasteiger partial charge in [-0.2, -0.15) is 4.98 Å². The number of nitrogens with one attached hydrogen (secondary N) is 1. The van der Waals surface area contributed by atoms with Crippen molar-refractivity contribution in [3.8, 4) is 0 Å². The van der Waals surface area contributed by atoms with Crippen LogP contribution in [0.1, 0.15) is 51.6 Å². The van der Waals surface area contributed by atoms with Gasteiger partial charge < -0.3 is 14.6 Å². The van der Waals surface area contributed by atoms with Crippen molar-refractivity contribution in [3.63, 3.8) is 0 Å². The average molecular weight is 265 g/mol. The Hall–Kier alpha value is -1.03. The smallest absolute Gasteiger partial charge is 0.297 e. The molecule has 1 aliphatic rings. The van der Waals surface area contributed by atoms with E-state index in [0.29, 0.717) is 6.04 Å². The van der Waals surface area contributed by atoms with Crippen LogP contribution in [0.25, 0.3) is 0 Å². The van der Waals surface area contributed by atoms with E-state index in [1.54, 1.807) is 6.26 Å². The van der Waals surface area contributed by atoms with Crippen molar-refractivity contribution in [3.05, 3.63) is 12.0 Å². The maximum Gasteiger partial charge on any atom is 0.297 e. The first-order valence-corrected chi connectivity index (χ1v) is 7.58. The Labute approximate surface area is 116 Å². The van der Waals surface area contributed by atoms with Gasteiger partial charge in [-0.05, 0) is 31.7 Å². The lowest BCUT2D eigenvalue weighted by atomic mass is 9.86. The molecule has 4 heteroatoms. The summed E-state index contributed by atoms with van der Waals surface area (Å²) in [5.74, 6) is 0.821. The van der Waals surface area contributed by atoms with Gasteiger partial charge in [-0.1, -0.05) is 26.7 Å². The van der Waals surface area contributed by atoms with Gasteiger partial charge >= 0.3 is 0 Å². The first kappa shape index (κ1) is 14.4. The van der Waals surface area contributed by atoms with Gasteiger partial charge in [0.1, 0.15) is 6.26 Å². The Morgan fingerprint density at radius 1 is 1.47 bits per heavy atom. The third kappa shape index (κ3) is 3.96. The molecule has 1 aromatic heterocycles. The van der Waals surface area contributed by atoms with Gasteiger partial charge in [0.05, 0.1) is 5.69 Å². The summed E-state index contributed by atoms with van der Waals surface area (Å²) in [6.07, 6.45) is 8.12. The molecule has 1 fully saturated rings. The van der Waals surface area contributed by atoms with Gasteiger partial charge in [-0.15, -0.1) is 0 Å². The zero-order chi connectivity index (χ0) is 13.7. The lowest BCUT2D eigenvalue weighted by Crippen LogP contribution is -2.35. The third-order valence-electron chi connectivity index (χ3n) is 4.03. The number of oxazole rings is 1. The molecular formula is C15H27N3O. The summed E-state index contributed by atoms with van der Waals surface area (Å²) in [7, 11) is 2.11. The first-order chi connectivity index (χ1) is 9.20. The fourth-order valence-corrected chi connectivity index (χ4v) is 2.84. The van der Waals surface area contributed by atoms with Crippen molar-refractivity contribution < 1.29 is 4.42 Å². The second-order valence-corrected chi connectivity index (χ2v) is 5.83. The van der Waals surface area contributed by atoms with Crippen LogP contribution in [0.15, 0.2) is 10.7 Å². The summed E-state index contributed by atoms with van der Waals surface area (Å²) in [6.45, 7) is 6.33. The van der Waals surface area contributed by atoms with E-state index >= 15 is 0 Å². The highest BCUT2D eigenvalue weighted by atomic mass is 16.4. The van der Waals surface area contributed by atoms with Crippen molar-refractivity contribution in [2.24, 2.45) is 5.92 Å². The predicted molar refractivity (Wildman–Crippen MR) is 78.3 cm³/mol. The van der Waals surface area contributed by atoms with Gasteiger partial charge in [0.2, 0.25) is 0 Å². The number of nitrogens with zero attached hydrogens (tertiary/aromatic N) is 2. The molecule has 2 atom stereocenters. The highest BCUT2D eigenvalue weighted by Gasteiger charge is 2.24. The number of anilines is 1. The minimum atomic E-state index is 0.582. The van der Waals surface area contributed by atoms with E-state index in [0.717, 1.165) is 37.1 Å². The van der Waals surface area contributed by atoms with Crippen LogP contribution < -0.4 is 10.2 Å². The van der Waals surface area contributed by atoms with Crippen LogP contribution in [0.4, 0.5) is 6.01 Å². The zero-order valence-electron chi connectivity index (χ0n) is 12.5. The topological polar surface area (TPSA) is 41.3 Å². The maximum absolute atomic E-state index is 5.62. The van der Waals surface area contributed by atoms with Crippen molar-refractivity contribution in [2.75, 3.05) is 18.5 Å². The molecule has 2 unspecified atom stereocenters. The van der Waals surface area contributed by atoms with Crippen LogP contribution in [0, 0.1) is 5.92 Å². The summed E-state index contributed by atoms with van der Waals surface area (Å²) >= 11 is 0. The van der Waals surface area contributed by atoms with E-state index in [1.807, 2.05) is 0 Å². The van der Waals surface area contributed by atoms with E-state index in [1.165, 1.54) is 25.7 Å². The van der Waals surface area contributed by atoms with E-state index in [2.05, 4.69) is 36.1 Å². The molecule has 0 aromatic carbocycles. The molecule has 1 aliphatic carbocycles. The number of rotatable bonds is 6. The maximum atomic E-state index is 5.62. The SMILES string of the molecule is CCCNCc1coc(N(C)C2CCCC(C)C2)n1. The lowest BCUT2D eigenvalue weighted by Gasteiger charge is -2.33. The van der Waals surface area contributed by atoms with E-state index in [9.17, 15) is 0 Å². The Balaban J connectivity index is 1.89. The molecule has 4 nitrogen and oxygen atoms in total. The monoisotopic (exact) mass is 265 g/mol. The van der Waals surface area contributed by atoms with Gasteiger partial charge in [-0.25, -0.2) is 0 Å². The molecule has 1 heterocycles. The Bertz CT molecular complexity index is 377. The second-order valence-electron chi connectivity index (χ2n) is 5.83. The lowest BCUT2D eigenvalue weighted by molar-refractivity contribution is 0.327. The van der Waals surface area contributed by atoms with Gasteiger partial charge in [0, 0.05) is 19.6 Å². The quantitative estimate of drug-likeness (QED) is 0.802. The fourth-order valence-electron chi connectivity index (χ4n) is 2.84. The molecule has 1 aromatic rings. The predicted octanol–water partition coefficient (Wildman–Crippen LogP) is 3.19. The highest BCUT2D eigenvalue weighted by molar-refractivity contribution is 5.27. The van der Waals surface area contributed by atoms with Crippen molar-refractivity contribution in [1.29, 1.82) is 0 Å². The molecule has 0 spiro atoms. The molecular weight excluding hydrogens is 238 g/mol. The normalized spacial score (nSPS) is 23.5. The molecule has 0 saturated heterocycles. The van der Waals surface area contributed by atoms with E-state index in [4.69, 9.17) is 4.42 Å². The Kier molecular flexibility index (Phi) is 5.25. The van der Waals surface area contributed by atoms with Gasteiger partial charge in [0.15, 0.2) is 0 Å². The van der Waals surface area contributed by atoms with Gasteiger partial charge in [0.25, 0.3) is 6.01 Å².